The third-order valence-electron chi connectivity index (χ3n) is 2.62. The number of aromatic amines is 1. The molecule has 2 rings (SSSR count). The van der Waals surface area contributed by atoms with Crippen LogP contribution in [-0.4, -0.2) is 24.3 Å². The average Bonchev–Trinajstić information content (AvgIpc) is 2.38. The molecule has 0 amide bonds. The lowest BCUT2D eigenvalue weighted by Crippen LogP contribution is -2.09. The molecule has 0 unspecified atom stereocenters. The Morgan fingerprint density at radius 2 is 1.67 bits per heavy atom. The van der Waals surface area contributed by atoms with Gasteiger partial charge in [-0.1, -0.05) is 6.07 Å². The zero-order valence-electron chi connectivity index (χ0n) is 10.1. The Morgan fingerprint density at radius 3 is 2.17 bits per heavy atom. The molecule has 18 heavy (non-hydrogen) atoms. The monoisotopic (exact) mass is 247 g/mol. The highest BCUT2D eigenvalue weighted by Gasteiger charge is 2.18. The first-order valence-corrected chi connectivity index (χ1v) is 5.31. The van der Waals surface area contributed by atoms with E-state index < -0.39 is 5.56 Å². The number of hydrogen-bond acceptors (Lipinski definition) is 4. The van der Waals surface area contributed by atoms with Gasteiger partial charge in [0.05, 0.1) is 25.3 Å². The Hall–Kier alpha value is -2.43. The number of aromatic hydroxyl groups is 1. The second kappa shape index (κ2) is 4.83. The van der Waals surface area contributed by atoms with E-state index in [1.807, 2.05) is 0 Å². The van der Waals surface area contributed by atoms with Crippen LogP contribution in [0.4, 0.5) is 0 Å². The number of pyridine rings is 1. The second-order valence-electron chi connectivity index (χ2n) is 3.60. The van der Waals surface area contributed by atoms with Crippen molar-refractivity contribution in [1.29, 1.82) is 0 Å². The minimum Gasteiger partial charge on any atom is -0.507 e. The number of aromatic nitrogens is 1. The van der Waals surface area contributed by atoms with Crippen LogP contribution in [0.2, 0.25) is 0 Å². The summed E-state index contributed by atoms with van der Waals surface area (Å²) in [6.07, 6.45) is 1.38. The summed E-state index contributed by atoms with van der Waals surface area (Å²) in [5.41, 5.74) is 0.159. The van der Waals surface area contributed by atoms with E-state index in [4.69, 9.17) is 9.47 Å². The molecule has 0 aliphatic heterocycles. The first-order valence-electron chi connectivity index (χ1n) is 5.31. The van der Waals surface area contributed by atoms with Crippen LogP contribution in [0.15, 0.2) is 35.3 Å². The molecule has 5 heteroatoms. The molecule has 2 aromatic rings. The van der Waals surface area contributed by atoms with Gasteiger partial charge < -0.3 is 19.6 Å². The average molecular weight is 247 g/mol. The number of ether oxygens (including phenoxy) is 2. The molecule has 0 atom stereocenters. The Bertz CT molecular complexity index is 596. The molecular formula is C13H13NO4. The molecule has 1 aromatic heterocycles. The summed E-state index contributed by atoms with van der Waals surface area (Å²) < 4.78 is 10.4. The van der Waals surface area contributed by atoms with Crippen LogP contribution >= 0.6 is 0 Å². The van der Waals surface area contributed by atoms with Crippen molar-refractivity contribution in [2.24, 2.45) is 0 Å². The highest BCUT2D eigenvalue weighted by Crippen LogP contribution is 2.39. The van der Waals surface area contributed by atoms with Gasteiger partial charge in [-0.2, -0.15) is 0 Å². The fraction of sp³-hybridized carbons (Fsp3) is 0.154. The smallest absolute Gasteiger partial charge is 0.259 e. The zero-order chi connectivity index (χ0) is 13.1. The lowest BCUT2D eigenvalue weighted by atomic mass is 10.0. The highest BCUT2D eigenvalue weighted by molar-refractivity contribution is 5.80. The molecule has 1 heterocycles. The predicted molar refractivity (Wildman–Crippen MR) is 67.3 cm³/mol. The summed E-state index contributed by atoms with van der Waals surface area (Å²) in [5.74, 6) is 0.796. The largest absolute Gasteiger partial charge is 0.507 e. The van der Waals surface area contributed by atoms with Gasteiger partial charge >= 0.3 is 0 Å². The first-order chi connectivity index (χ1) is 8.69. The maximum atomic E-state index is 11.9. The summed E-state index contributed by atoms with van der Waals surface area (Å²) in [6, 6.07) is 6.55. The topological polar surface area (TPSA) is 71.5 Å². The van der Waals surface area contributed by atoms with Crippen LogP contribution in [0.25, 0.3) is 11.1 Å². The van der Waals surface area contributed by atoms with Gasteiger partial charge in [0.25, 0.3) is 5.56 Å². The molecular weight excluding hydrogens is 234 g/mol. The third kappa shape index (κ3) is 1.90. The molecule has 94 valence electrons. The molecule has 0 bridgehead atoms. The molecule has 0 fully saturated rings. The minimum atomic E-state index is -0.405. The highest BCUT2D eigenvalue weighted by atomic mass is 16.5. The van der Waals surface area contributed by atoms with Crippen LogP contribution < -0.4 is 15.0 Å². The van der Waals surface area contributed by atoms with Gasteiger partial charge in [0.15, 0.2) is 0 Å². The lowest BCUT2D eigenvalue weighted by molar-refractivity contribution is 0.396. The van der Waals surface area contributed by atoms with Gasteiger partial charge in [-0.3, -0.25) is 4.79 Å². The molecule has 0 saturated heterocycles. The molecule has 0 radical (unpaired) electrons. The molecule has 2 N–H and O–H groups in total. The van der Waals surface area contributed by atoms with Crippen molar-refractivity contribution in [2.45, 2.75) is 0 Å². The van der Waals surface area contributed by atoms with E-state index in [1.54, 1.807) is 18.2 Å². The van der Waals surface area contributed by atoms with Crippen LogP contribution in [0.5, 0.6) is 17.2 Å². The fourth-order valence-electron chi connectivity index (χ4n) is 1.81. The van der Waals surface area contributed by atoms with Crippen LogP contribution in [-0.2, 0) is 0 Å². The Kier molecular flexibility index (Phi) is 3.23. The number of methoxy groups -OCH3 is 2. The van der Waals surface area contributed by atoms with Crippen LogP contribution in [0.1, 0.15) is 0 Å². The van der Waals surface area contributed by atoms with Gasteiger partial charge in [0.1, 0.15) is 17.2 Å². The van der Waals surface area contributed by atoms with Crippen LogP contribution in [0, 0.1) is 0 Å². The van der Waals surface area contributed by atoms with Crippen LogP contribution in [0.3, 0.4) is 0 Å². The molecule has 5 nitrogen and oxygen atoms in total. The van der Waals surface area contributed by atoms with Crippen molar-refractivity contribution in [2.75, 3.05) is 14.2 Å². The van der Waals surface area contributed by atoms with E-state index in [1.165, 1.54) is 26.5 Å². The summed E-state index contributed by atoms with van der Waals surface area (Å²) in [7, 11) is 2.99. The van der Waals surface area contributed by atoms with Gasteiger partial charge in [-0.25, -0.2) is 0 Å². The van der Waals surface area contributed by atoms with E-state index in [0.29, 0.717) is 17.1 Å². The van der Waals surface area contributed by atoms with Crippen molar-refractivity contribution < 1.29 is 14.6 Å². The Labute approximate surface area is 104 Å². The fourth-order valence-corrected chi connectivity index (χ4v) is 1.81. The molecule has 1 aromatic carbocycles. The van der Waals surface area contributed by atoms with E-state index in [2.05, 4.69) is 4.98 Å². The van der Waals surface area contributed by atoms with E-state index >= 15 is 0 Å². The maximum absolute atomic E-state index is 11.9. The van der Waals surface area contributed by atoms with Crippen molar-refractivity contribution in [3.8, 4) is 28.4 Å². The quantitative estimate of drug-likeness (QED) is 0.867. The summed E-state index contributed by atoms with van der Waals surface area (Å²) >= 11 is 0. The summed E-state index contributed by atoms with van der Waals surface area (Å²) in [4.78, 5) is 14.4. The van der Waals surface area contributed by atoms with Gasteiger partial charge in [0.2, 0.25) is 0 Å². The number of nitrogens with one attached hydrogen (secondary N) is 1. The third-order valence-corrected chi connectivity index (χ3v) is 2.62. The van der Waals surface area contributed by atoms with Crippen molar-refractivity contribution in [3.05, 3.63) is 40.8 Å². The van der Waals surface area contributed by atoms with E-state index in [-0.39, 0.29) is 11.3 Å². The van der Waals surface area contributed by atoms with E-state index in [0.717, 1.165) is 0 Å². The van der Waals surface area contributed by atoms with Gasteiger partial charge in [-0.05, 0) is 18.2 Å². The maximum Gasteiger partial charge on any atom is 0.259 e. The summed E-state index contributed by atoms with van der Waals surface area (Å²) in [5, 5.41) is 9.85. The Balaban J connectivity index is 2.81. The normalized spacial score (nSPS) is 10.1. The SMILES string of the molecule is COc1cccc(OC)c1-c1c(O)cc[nH]c1=O. The molecule has 0 spiro atoms. The van der Waals surface area contributed by atoms with Gasteiger partial charge in [-0.15, -0.1) is 0 Å². The zero-order valence-corrected chi connectivity index (χ0v) is 10.1. The summed E-state index contributed by atoms with van der Waals surface area (Å²) in [6.45, 7) is 0. The number of benzene rings is 1. The van der Waals surface area contributed by atoms with Gasteiger partial charge in [0, 0.05) is 6.20 Å². The lowest BCUT2D eigenvalue weighted by Gasteiger charge is -2.13. The predicted octanol–water partition coefficient (Wildman–Crippen LogP) is 1.76. The van der Waals surface area contributed by atoms with E-state index in [9.17, 15) is 9.90 Å². The molecule has 0 aliphatic rings. The Morgan fingerprint density at radius 1 is 1.06 bits per heavy atom. The number of rotatable bonds is 3. The molecule has 0 aliphatic carbocycles. The number of H-pyrrole nitrogens is 1. The molecule has 0 saturated carbocycles. The van der Waals surface area contributed by atoms with Crippen molar-refractivity contribution in [3.63, 3.8) is 0 Å². The first kappa shape index (κ1) is 12.0. The van der Waals surface area contributed by atoms with Crippen molar-refractivity contribution in [1.82, 2.24) is 4.98 Å². The minimum absolute atomic E-state index is 0.124. The second-order valence-corrected chi connectivity index (χ2v) is 3.60. The van der Waals surface area contributed by atoms with Crippen molar-refractivity contribution >= 4 is 0 Å². The number of hydrogen-bond donors (Lipinski definition) is 2. The standard InChI is InChI=1S/C13H13NO4/c1-17-9-4-3-5-10(18-2)12(9)11-8(15)6-7-14-13(11)16/h3-7H,1-2H3,(H2,14,15,16).